The van der Waals surface area contributed by atoms with E-state index in [0.29, 0.717) is 12.8 Å². The smallest absolute Gasteiger partial charge is 0.309 e. The fourth-order valence-corrected chi connectivity index (χ4v) is 2.89. The Kier molecular flexibility index (Phi) is 6.69. The van der Waals surface area contributed by atoms with Crippen LogP contribution in [0.2, 0.25) is 0 Å². The number of carbonyl (C=O) groups is 1. The van der Waals surface area contributed by atoms with Crippen molar-refractivity contribution in [1.29, 1.82) is 0 Å². The van der Waals surface area contributed by atoms with E-state index in [9.17, 15) is 9.90 Å². The van der Waals surface area contributed by atoms with Gasteiger partial charge in [0, 0.05) is 0 Å². The Bertz CT molecular complexity index is 238. The first-order chi connectivity index (χ1) is 8.56. The topological polar surface area (TPSA) is 57.5 Å². The molecule has 3 heteroatoms. The molecule has 1 atom stereocenters. The third-order valence-corrected chi connectivity index (χ3v) is 4.40. The summed E-state index contributed by atoms with van der Waals surface area (Å²) in [6, 6.07) is 0. The average molecular weight is 256 g/mol. The second-order valence-corrected chi connectivity index (χ2v) is 5.85. The van der Waals surface area contributed by atoms with Crippen LogP contribution in [0.3, 0.4) is 0 Å². The second kappa shape index (κ2) is 7.78. The van der Waals surface area contributed by atoms with Gasteiger partial charge in [-0.05, 0) is 19.8 Å². The number of aliphatic hydroxyl groups is 1. The zero-order valence-electron chi connectivity index (χ0n) is 11.7. The van der Waals surface area contributed by atoms with Crippen LogP contribution in [0.5, 0.6) is 0 Å². The van der Waals surface area contributed by atoms with Gasteiger partial charge in [0.25, 0.3) is 0 Å². The molecule has 0 aromatic heterocycles. The molecule has 0 aromatic carbocycles. The molecular weight excluding hydrogens is 228 g/mol. The van der Waals surface area contributed by atoms with E-state index in [1.54, 1.807) is 6.92 Å². The molecule has 1 aliphatic carbocycles. The summed E-state index contributed by atoms with van der Waals surface area (Å²) in [5.41, 5.74) is -0.995. The Morgan fingerprint density at radius 1 is 0.889 bits per heavy atom. The Labute approximate surface area is 111 Å². The van der Waals surface area contributed by atoms with Gasteiger partial charge in [0.1, 0.15) is 0 Å². The van der Waals surface area contributed by atoms with Gasteiger partial charge in [-0.2, -0.15) is 0 Å². The van der Waals surface area contributed by atoms with Gasteiger partial charge in [0.15, 0.2) is 0 Å². The molecule has 0 aromatic rings. The monoisotopic (exact) mass is 256 g/mol. The van der Waals surface area contributed by atoms with E-state index in [1.165, 1.54) is 32.1 Å². The molecule has 2 N–H and O–H groups in total. The third kappa shape index (κ3) is 4.97. The fraction of sp³-hybridized carbons (Fsp3) is 0.933. The van der Waals surface area contributed by atoms with Crippen molar-refractivity contribution in [3.8, 4) is 0 Å². The number of carboxylic acids is 1. The van der Waals surface area contributed by atoms with Crippen molar-refractivity contribution in [3.63, 3.8) is 0 Å². The molecule has 0 heterocycles. The van der Waals surface area contributed by atoms with E-state index in [1.807, 2.05) is 0 Å². The van der Waals surface area contributed by atoms with Crippen LogP contribution in [0, 0.1) is 5.92 Å². The quantitative estimate of drug-likeness (QED) is 0.791. The van der Waals surface area contributed by atoms with Crippen molar-refractivity contribution in [2.24, 2.45) is 5.92 Å². The van der Waals surface area contributed by atoms with Crippen LogP contribution in [0.25, 0.3) is 0 Å². The summed E-state index contributed by atoms with van der Waals surface area (Å²) in [7, 11) is 0. The largest absolute Gasteiger partial charge is 0.481 e. The number of hydrogen-bond donors (Lipinski definition) is 2. The molecule has 1 fully saturated rings. The molecule has 18 heavy (non-hydrogen) atoms. The lowest BCUT2D eigenvalue weighted by Gasteiger charge is -2.32. The molecular formula is C15H28O3. The van der Waals surface area contributed by atoms with Gasteiger partial charge in [-0.15, -0.1) is 0 Å². The zero-order valence-corrected chi connectivity index (χ0v) is 11.7. The van der Waals surface area contributed by atoms with E-state index in [2.05, 4.69) is 0 Å². The number of rotatable bonds is 2. The van der Waals surface area contributed by atoms with Gasteiger partial charge in [-0.1, -0.05) is 57.8 Å². The van der Waals surface area contributed by atoms with Crippen molar-refractivity contribution >= 4 is 5.97 Å². The normalized spacial score (nSPS) is 24.6. The lowest BCUT2D eigenvalue weighted by Crippen LogP contribution is -2.40. The maximum absolute atomic E-state index is 11.1. The molecule has 0 saturated heterocycles. The van der Waals surface area contributed by atoms with Crippen LogP contribution in [0.1, 0.15) is 77.6 Å². The summed E-state index contributed by atoms with van der Waals surface area (Å²) in [4.78, 5) is 11.1. The first-order valence-electron chi connectivity index (χ1n) is 7.51. The van der Waals surface area contributed by atoms with Crippen molar-refractivity contribution in [2.45, 2.75) is 83.2 Å². The maximum atomic E-state index is 11.1. The van der Waals surface area contributed by atoms with Crippen LogP contribution in [-0.4, -0.2) is 21.8 Å². The summed E-state index contributed by atoms with van der Waals surface area (Å²) in [6.45, 7) is 1.65. The second-order valence-electron chi connectivity index (χ2n) is 5.85. The summed E-state index contributed by atoms with van der Waals surface area (Å²) < 4.78 is 0. The predicted octanol–water partition coefficient (Wildman–Crippen LogP) is 3.74. The average Bonchev–Trinajstić information content (AvgIpc) is 2.32. The van der Waals surface area contributed by atoms with Crippen molar-refractivity contribution in [1.82, 2.24) is 0 Å². The molecule has 1 rings (SSSR count). The minimum Gasteiger partial charge on any atom is -0.481 e. The van der Waals surface area contributed by atoms with Gasteiger partial charge < -0.3 is 10.2 Å². The Balaban J connectivity index is 2.57. The van der Waals surface area contributed by atoms with Crippen molar-refractivity contribution in [3.05, 3.63) is 0 Å². The SMILES string of the molecule is CC(C(=O)O)C1(O)CCCCCCCCCCC1. The van der Waals surface area contributed by atoms with Crippen LogP contribution in [0.4, 0.5) is 0 Å². The van der Waals surface area contributed by atoms with E-state index < -0.39 is 17.5 Å². The molecule has 0 amide bonds. The summed E-state index contributed by atoms with van der Waals surface area (Å²) in [5.74, 6) is -1.52. The molecule has 106 valence electrons. The summed E-state index contributed by atoms with van der Waals surface area (Å²) in [6.07, 6.45) is 11.8. The van der Waals surface area contributed by atoms with Crippen LogP contribution < -0.4 is 0 Å². The van der Waals surface area contributed by atoms with Crippen LogP contribution >= 0.6 is 0 Å². The Hall–Kier alpha value is -0.570. The van der Waals surface area contributed by atoms with Crippen LogP contribution in [-0.2, 0) is 4.79 Å². The molecule has 1 saturated carbocycles. The fourth-order valence-electron chi connectivity index (χ4n) is 2.89. The zero-order chi connectivity index (χ0) is 13.4. The highest BCUT2D eigenvalue weighted by molar-refractivity contribution is 5.71. The molecule has 0 spiro atoms. The number of aliphatic carboxylic acids is 1. The van der Waals surface area contributed by atoms with Gasteiger partial charge in [0.2, 0.25) is 0 Å². The van der Waals surface area contributed by atoms with Crippen molar-refractivity contribution in [2.75, 3.05) is 0 Å². The standard InChI is InChI=1S/C15H28O3/c1-13(14(16)17)15(18)11-9-7-5-3-2-4-6-8-10-12-15/h13,18H,2-12H2,1H3,(H,16,17). The number of carboxylic acid groups (broad SMARTS) is 1. The summed E-state index contributed by atoms with van der Waals surface area (Å²) >= 11 is 0. The lowest BCUT2D eigenvalue weighted by atomic mass is 9.79. The first kappa shape index (κ1) is 15.5. The van der Waals surface area contributed by atoms with Crippen LogP contribution in [0.15, 0.2) is 0 Å². The van der Waals surface area contributed by atoms with Gasteiger partial charge >= 0.3 is 5.97 Å². The van der Waals surface area contributed by atoms with Gasteiger partial charge in [-0.25, -0.2) is 0 Å². The molecule has 1 unspecified atom stereocenters. The molecule has 0 aliphatic heterocycles. The lowest BCUT2D eigenvalue weighted by molar-refractivity contribution is -0.152. The minimum absolute atomic E-state index is 0.639. The maximum Gasteiger partial charge on any atom is 0.309 e. The molecule has 0 radical (unpaired) electrons. The molecule has 0 bridgehead atoms. The van der Waals surface area contributed by atoms with Gasteiger partial charge in [0.05, 0.1) is 11.5 Å². The number of hydrogen-bond acceptors (Lipinski definition) is 2. The van der Waals surface area contributed by atoms with Crippen molar-refractivity contribution < 1.29 is 15.0 Å². The first-order valence-corrected chi connectivity index (χ1v) is 7.51. The molecule has 1 aliphatic rings. The highest BCUT2D eigenvalue weighted by atomic mass is 16.4. The predicted molar refractivity (Wildman–Crippen MR) is 72.5 cm³/mol. The van der Waals surface area contributed by atoms with E-state index in [-0.39, 0.29) is 0 Å². The van der Waals surface area contributed by atoms with Gasteiger partial charge in [-0.3, -0.25) is 4.79 Å². The summed E-state index contributed by atoms with van der Waals surface area (Å²) in [5, 5.41) is 19.7. The Morgan fingerprint density at radius 3 is 1.56 bits per heavy atom. The Morgan fingerprint density at radius 2 is 1.22 bits per heavy atom. The minimum atomic E-state index is -0.995. The van der Waals surface area contributed by atoms with E-state index >= 15 is 0 Å². The third-order valence-electron chi connectivity index (χ3n) is 4.40. The highest BCUT2D eigenvalue weighted by Crippen LogP contribution is 2.31. The highest BCUT2D eigenvalue weighted by Gasteiger charge is 2.37. The van der Waals surface area contributed by atoms with E-state index in [4.69, 9.17) is 5.11 Å². The van der Waals surface area contributed by atoms with E-state index in [0.717, 1.165) is 25.7 Å². The molecule has 3 nitrogen and oxygen atoms in total.